The molecule has 29 heavy (non-hydrogen) atoms. The second-order valence-electron chi connectivity index (χ2n) is 8.81. The normalized spacial score (nSPS) is 27.7. The Hall–Kier alpha value is -1.30. The van der Waals surface area contributed by atoms with E-state index in [1.165, 1.54) is 18.4 Å². The highest BCUT2D eigenvalue weighted by molar-refractivity contribution is 5.85. The van der Waals surface area contributed by atoms with Crippen LogP contribution in [-0.2, 0) is 14.9 Å². The molecule has 2 atom stereocenters. The molecule has 3 aliphatic rings. The first-order valence-corrected chi connectivity index (χ1v) is 11.0. The summed E-state index contributed by atoms with van der Waals surface area (Å²) in [5, 5.41) is 6.95. The van der Waals surface area contributed by atoms with Crippen molar-refractivity contribution in [1.82, 2.24) is 10.6 Å². The van der Waals surface area contributed by atoms with Crippen molar-refractivity contribution in [3.8, 4) is 5.75 Å². The first-order valence-electron chi connectivity index (χ1n) is 11.0. The summed E-state index contributed by atoms with van der Waals surface area (Å²) in [4.78, 5) is 12.7. The van der Waals surface area contributed by atoms with Crippen molar-refractivity contribution in [2.75, 3.05) is 26.4 Å². The number of benzene rings is 1. The Bertz CT molecular complexity index is 649. The zero-order chi connectivity index (χ0) is 19.4. The molecule has 2 unspecified atom stereocenters. The van der Waals surface area contributed by atoms with Crippen LogP contribution in [0.2, 0.25) is 0 Å². The molecule has 1 aromatic carbocycles. The highest BCUT2D eigenvalue weighted by Crippen LogP contribution is 2.36. The molecule has 3 heterocycles. The summed E-state index contributed by atoms with van der Waals surface area (Å²) in [5.74, 6) is 1.65. The van der Waals surface area contributed by atoms with Crippen molar-refractivity contribution in [3.63, 3.8) is 0 Å². The van der Waals surface area contributed by atoms with Crippen LogP contribution < -0.4 is 15.4 Å². The lowest BCUT2D eigenvalue weighted by atomic mass is 9.74. The molecule has 3 saturated heterocycles. The molecule has 4 rings (SSSR count). The van der Waals surface area contributed by atoms with Crippen LogP contribution in [0.25, 0.3) is 0 Å². The summed E-state index contributed by atoms with van der Waals surface area (Å²) < 4.78 is 11.2. The maximum atomic E-state index is 12.7. The van der Waals surface area contributed by atoms with E-state index in [0.29, 0.717) is 37.6 Å². The van der Waals surface area contributed by atoms with Crippen LogP contribution >= 0.6 is 12.4 Å². The van der Waals surface area contributed by atoms with Crippen LogP contribution in [0.3, 0.4) is 0 Å². The van der Waals surface area contributed by atoms with Gasteiger partial charge in [-0.15, -0.1) is 12.4 Å². The van der Waals surface area contributed by atoms with Crippen molar-refractivity contribution < 1.29 is 14.3 Å². The van der Waals surface area contributed by atoms with Crippen LogP contribution in [0.15, 0.2) is 24.3 Å². The molecule has 162 valence electrons. The number of fused-ring (bicyclic) bond motifs is 2. The first-order chi connectivity index (χ1) is 13.7. The quantitative estimate of drug-likeness (QED) is 0.704. The zero-order valence-electron chi connectivity index (χ0n) is 17.5. The number of amides is 1. The Morgan fingerprint density at radius 3 is 2.45 bits per heavy atom. The van der Waals surface area contributed by atoms with E-state index in [-0.39, 0.29) is 23.7 Å². The molecule has 2 bridgehead atoms. The molecule has 3 aliphatic heterocycles. The van der Waals surface area contributed by atoms with Crippen LogP contribution in [0.4, 0.5) is 0 Å². The zero-order valence-corrected chi connectivity index (χ0v) is 18.3. The third kappa shape index (κ3) is 5.44. The summed E-state index contributed by atoms with van der Waals surface area (Å²) in [6.07, 6.45) is 7.43. The first kappa shape index (κ1) is 22.4. The lowest BCUT2D eigenvalue weighted by molar-refractivity contribution is -0.122. The fourth-order valence-electron chi connectivity index (χ4n) is 5.34. The monoisotopic (exact) mass is 422 g/mol. The largest absolute Gasteiger partial charge is 0.494 e. The van der Waals surface area contributed by atoms with Crippen molar-refractivity contribution in [1.29, 1.82) is 0 Å². The van der Waals surface area contributed by atoms with Crippen LogP contribution in [-0.4, -0.2) is 44.4 Å². The van der Waals surface area contributed by atoms with Gasteiger partial charge in [0.05, 0.1) is 6.61 Å². The number of ether oxygens (including phenoxy) is 2. The van der Waals surface area contributed by atoms with Gasteiger partial charge < -0.3 is 20.1 Å². The minimum absolute atomic E-state index is 0. The van der Waals surface area contributed by atoms with E-state index in [1.54, 1.807) is 0 Å². The highest BCUT2D eigenvalue weighted by atomic mass is 35.5. The van der Waals surface area contributed by atoms with Gasteiger partial charge in [0, 0.05) is 43.7 Å². The molecule has 2 N–H and O–H groups in total. The minimum Gasteiger partial charge on any atom is -0.494 e. The Morgan fingerprint density at radius 2 is 1.83 bits per heavy atom. The summed E-state index contributed by atoms with van der Waals surface area (Å²) >= 11 is 0. The fourth-order valence-corrected chi connectivity index (χ4v) is 5.34. The summed E-state index contributed by atoms with van der Waals surface area (Å²) in [5.41, 5.74) is 1.24. The Kier molecular flexibility index (Phi) is 7.83. The number of hydrogen-bond donors (Lipinski definition) is 2. The van der Waals surface area contributed by atoms with E-state index in [0.717, 1.165) is 44.6 Å². The van der Waals surface area contributed by atoms with Crippen molar-refractivity contribution in [2.45, 2.75) is 69.4 Å². The number of carbonyl (C=O) groups is 1. The van der Waals surface area contributed by atoms with Crippen LogP contribution in [0.1, 0.15) is 57.4 Å². The maximum Gasteiger partial charge on any atom is 0.220 e. The molecule has 3 fully saturated rings. The van der Waals surface area contributed by atoms with Gasteiger partial charge in [-0.2, -0.15) is 0 Å². The van der Waals surface area contributed by atoms with E-state index < -0.39 is 0 Å². The molecular formula is C23H35ClN2O3. The van der Waals surface area contributed by atoms with Crippen molar-refractivity contribution in [2.24, 2.45) is 5.92 Å². The van der Waals surface area contributed by atoms with E-state index in [9.17, 15) is 4.79 Å². The van der Waals surface area contributed by atoms with Gasteiger partial charge in [0.2, 0.25) is 5.91 Å². The molecular weight excluding hydrogens is 388 g/mol. The fraction of sp³-hybridized carbons (Fsp3) is 0.696. The van der Waals surface area contributed by atoms with Gasteiger partial charge in [-0.25, -0.2) is 0 Å². The van der Waals surface area contributed by atoms with Gasteiger partial charge in [0.1, 0.15) is 5.75 Å². The van der Waals surface area contributed by atoms with E-state index in [1.807, 2.05) is 19.1 Å². The van der Waals surface area contributed by atoms with Gasteiger partial charge in [-0.3, -0.25) is 4.79 Å². The minimum atomic E-state index is -0.0359. The second-order valence-corrected chi connectivity index (χ2v) is 8.81. The SMILES string of the molecule is CCOc1ccc(C2(CNC(=O)CC3CC4CCC(C3)N4)CCOCC2)cc1.Cl. The summed E-state index contributed by atoms with van der Waals surface area (Å²) in [7, 11) is 0. The van der Waals surface area contributed by atoms with Gasteiger partial charge in [-0.1, -0.05) is 12.1 Å². The van der Waals surface area contributed by atoms with Crippen LogP contribution in [0.5, 0.6) is 5.75 Å². The second kappa shape index (κ2) is 10.1. The molecule has 0 spiro atoms. The highest BCUT2D eigenvalue weighted by Gasteiger charge is 2.36. The van der Waals surface area contributed by atoms with Crippen molar-refractivity contribution >= 4 is 18.3 Å². The lowest BCUT2D eigenvalue weighted by Gasteiger charge is -2.38. The number of halogens is 1. The number of rotatable bonds is 7. The number of hydrogen-bond acceptors (Lipinski definition) is 4. The Labute approximate surface area is 180 Å². The van der Waals surface area contributed by atoms with Crippen LogP contribution in [0, 0.1) is 5.92 Å². The predicted octanol–water partition coefficient (Wildman–Crippen LogP) is 3.59. The predicted molar refractivity (Wildman–Crippen MR) is 117 cm³/mol. The summed E-state index contributed by atoms with van der Waals surface area (Å²) in [6.45, 7) is 4.87. The molecule has 6 heteroatoms. The molecule has 0 aromatic heterocycles. The lowest BCUT2D eigenvalue weighted by Crippen LogP contribution is -2.45. The van der Waals surface area contributed by atoms with Crippen molar-refractivity contribution in [3.05, 3.63) is 29.8 Å². The van der Waals surface area contributed by atoms with E-state index >= 15 is 0 Å². The Morgan fingerprint density at radius 1 is 1.17 bits per heavy atom. The third-order valence-corrected chi connectivity index (χ3v) is 6.90. The average Bonchev–Trinajstić information content (AvgIpc) is 3.06. The van der Waals surface area contributed by atoms with E-state index in [4.69, 9.17) is 9.47 Å². The van der Waals surface area contributed by atoms with Gasteiger partial charge in [-0.05, 0) is 69.1 Å². The molecule has 0 saturated carbocycles. The molecule has 1 amide bonds. The molecule has 0 radical (unpaired) electrons. The summed E-state index contributed by atoms with van der Waals surface area (Å²) in [6, 6.07) is 9.69. The number of nitrogens with one attached hydrogen (secondary N) is 2. The molecule has 5 nitrogen and oxygen atoms in total. The van der Waals surface area contributed by atoms with Gasteiger partial charge >= 0.3 is 0 Å². The van der Waals surface area contributed by atoms with Gasteiger partial charge in [0.25, 0.3) is 0 Å². The third-order valence-electron chi connectivity index (χ3n) is 6.90. The molecule has 1 aromatic rings. The average molecular weight is 423 g/mol. The van der Waals surface area contributed by atoms with Gasteiger partial charge in [0.15, 0.2) is 0 Å². The number of piperidine rings is 1. The number of carbonyl (C=O) groups excluding carboxylic acids is 1. The maximum absolute atomic E-state index is 12.7. The van der Waals surface area contributed by atoms with E-state index in [2.05, 4.69) is 22.8 Å². The topological polar surface area (TPSA) is 59.6 Å². The smallest absolute Gasteiger partial charge is 0.220 e. The Balaban J connectivity index is 0.00000240. The standard InChI is InChI=1S/C23H34N2O3.ClH/c1-2-28-21-7-3-18(4-8-21)23(9-11-27-12-10-23)16-24-22(26)15-17-13-19-5-6-20(14-17)25-19;/h3-4,7-8,17,19-20,25H,2,5-6,9-16H2,1H3,(H,24,26);1H. The molecule has 0 aliphatic carbocycles.